The van der Waals surface area contributed by atoms with Gasteiger partial charge in [0.2, 0.25) is 0 Å². The van der Waals surface area contributed by atoms with E-state index in [4.69, 9.17) is 0 Å². The molecule has 3 spiro atoms. The number of hydrogen-bond donors (Lipinski definition) is 3. The van der Waals surface area contributed by atoms with E-state index in [0.717, 1.165) is 6.04 Å². The van der Waals surface area contributed by atoms with Gasteiger partial charge in [-0.25, -0.2) is 0 Å². The third-order valence-electron chi connectivity index (χ3n) is 9.05. The van der Waals surface area contributed by atoms with Crippen LogP contribution in [0.4, 0.5) is 0 Å². The van der Waals surface area contributed by atoms with E-state index in [1.54, 1.807) is 0 Å². The van der Waals surface area contributed by atoms with Gasteiger partial charge in [0.25, 0.3) is 0 Å². The van der Waals surface area contributed by atoms with Gasteiger partial charge in [-0.3, -0.25) is 9.80 Å². The van der Waals surface area contributed by atoms with Gasteiger partial charge in [-0.15, -0.1) is 0 Å². The van der Waals surface area contributed by atoms with Crippen molar-refractivity contribution in [2.24, 2.45) is 10.8 Å². The molecule has 0 aromatic heterocycles. The molecule has 6 aliphatic rings. The zero-order chi connectivity index (χ0) is 17.2. The fourth-order valence-corrected chi connectivity index (χ4v) is 7.13. The van der Waals surface area contributed by atoms with E-state index < -0.39 is 0 Å². The molecule has 0 amide bonds. The number of likely N-dealkylation sites (tertiary alicyclic amines) is 2. The maximum atomic E-state index is 3.94. The van der Waals surface area contributed by atoms with Crippen molar-refractivity contribution in [1.82, 2.24) is 25.8 Å². The maximum Gasteiger partial charge on any atom is 0.0598 e. The van der Waals surface area contributed by atoms with Crippen LogP contribution < -0.4 is 16.0 Å². The average Bonchev–Trinajstić information content (AvgIpc) is 3.08. The lowest BCUT2D eigenvalue weighted by Crippen LogP contribution is -2.74. The second kappa shape index (κ2) is 5.90. The number of rotatable bonds is 2. The number of nitrogens with zero attached hydrogens (tertiary/aromatic N) is 2. The van der Waals surface area contributed by atoms with Gasteiger partial charge in [-0.05, 0) is 63.3 Å². The zero-order valence-corrected chi connectivity index (χ0v) is 16.4. The van der Waals surface area contributed by atoms with Crippen LogP contribution in [0.5, 0.6) is 0 Å². The molecule has 5 nitrogen and oxygen atoms in total. The number of nitrogens with one attached hydrogen (secondary N) is 3. The van der Waals surface area contributed by atoms with Crippen molar-refractivity contribution in [2.45, 2.75) is 69.1 Å². The van der Waals surface area contributed by atoms with Crippen molar-refractivity contribution >= 4 is 0 Å². The normalized spacial score (nSPS) is 41.1. The summed E-state index contributed by atoms with van der Waals surface area (Å²) >= 11 is 0. The molecule has 6 rings (SSSR count). The largest absolute Gasteiger partial charge is 0.316 e. The van der Waals surface area contributed by atoms with Gasteiger partial charge < -0.3 is 16.0 Å². The first-order valence-corrected chi connectivity index (χ1v) is 11.3. The van der Waals surface area contributed by atoms with Crippen LogP contribution in [0.3, 0.4) is 0 Å². The van der Waals surface area contributed by atoms with Crippen molar-refractivity contribution in [1.29, 1.82) is 0 Å². The van der Waals surface area contributed by atoms with Gasteiger partial charge in [-0.1, -0.05) is 0 Å². The molecular formula is C21H37N5. The van der Waals surface area contributed by atoms with E-state index in [-0.39, 0.29) is 0 Å². The van der Waals surface area contributed by atoms with Crippen molar-refractivity contribution in [3.63, 3.8) is 0 Å². The van der Waals surface area contributed by atoms with E-state index in [2.05, 4.69) is 25.8 Å². The molecule has 1 aliphatic carbocycles. The van der Waals surface area contributed by atoms with Crippen LogP contribution >= 0.6 is 0 Å². The summed E-state index contributed by atoms with van der Waals surface area (Å²) in [6, 6.07) is 0.897. The van der Waals surface area contributed by atoms with Crippen LogP contribution in [0, 0.1) is 10.8 Å². The van der Waals surface area contributed by atoms with Crippen LogP contribution in [0.1, 0.15) is 51.4 Å². The molecule has 26 heavy (non-hydrogen) atoms. The molecule has 0 bridgehead atoms. The highest BCUT2D eigenvalue weighted by Crippen LogP contribution is 2.46. The molecule has 1 saturated carbocycles. The van der Waals surface area contributed by atoms with Gasteiger partial charge in [0.15, 0.2) is 0 Å². The van der Waals surface area contributed by atoms with Gasteiger partial charge in [0.1, 0.15) is 0 Å². The number of piperidine rings is 1. The predicted molar refractivity (Wildman–Crippen MR) is 104 cm³/mol. The summed E-state index contributed by atoms with van der Waals surface area (Å²) in [5, 5.41) is 11.2. The van der Waals surface area contributed by atoms with Crippen LogP contribution in [0.2, 0.25) is 0 Å². The summed E-state index contributed by atoms with van der Waals surface area (Å²) in [6.07, 6.45) is 12.1. The molecule has 5 heteroatoms. The van der Waals surface area contributed by atoms with Crippen LogP contribution in [0.25, 0.3) is 0 Å². The fourth-order valence-electron chi connectivity index (χ4n) is 7.13. The lowest BCUT2D eigenvalue weighted by molar-refractivity contribution is -0.0936. The standard InChI is InChI=1S/C21H37N5/c1-5-21(24-9-1)15-26(16-21)18-4-8-20(12-23-18)13-25(14-20)17-2-6-19(7-3-17)10-22-11-19/h17-18,22-24H,1-16H2. The zero-order valence-electron chi connectivity index (χ0n) is 16.4. The molecule has 5 heterocycles. The molecule has 5 saturated heterocycles. The molecular weight excluding hydrogens is 322 g/mol. The van der Waals surface area contributed by atoms with Crippen molar-refractivity contribution in [3.05, 3.63) is 0 Å². The molecule has 5 aliphatic heterocycles. The molecule has 0 radical (unpaired) electrons. The SMILES string of the molecule is C1CNC2(C1)CN(C1CCC3(CN1)CN(C1CCC4(CC1)CNC4)C3)C2. The highest BCUT2D eigenvalue weighted by molar-refractivity contribution is 5.09. The average molecular weight is 360 g/mol. The molecule has 1 unspecified atom stereocenters. The molecule has 3 N–H and O–H groups in total. The van der Waals surface area contributed by atoms with Crippen LogP contribution in [0.15, 0.2) is 0 Å². The summed E-state index contributed by atoms with van der Waals surface area (Å²) in [5.74, 6) is 0. The summed E-state index contributed by atoms with van der Waals surface area (Å²) in [6.45, 7) is 10.4. The Morgan fingerprint density at radius 2 is 1.50 bits per heavy atom. The summed E-state index contributed by atoms with van der Waals surface area (Å²) in [4.78, 5) is 5.54. The first kappa shape index (κ1) is 16.7. The minimum Gasteiger partial charge on any atom is -0.316 e. The Labute approximate surface area is 158 Å². The Morgan fingerprint density at radius 1 is 0.731 bits per heavy atom. The summed E-state index contributed by atoms with van der Waals surface area (Å²) in [5.41, 5.74) is 1.82. The Kier molecular flexibility index (Phi) is 3.80. The lowest BCUT2D eigenvalue weighted by Gasteiger charge is -2.60. The molecule has 0 aromatic rings. The first-order chi connectivity index (χ1) is 12.7. The van der Waals surface area contributed by atoms with Crippen molar-refractivity contribution < 1.29 is 0 Å². The van der Waals surface area contributed by atoms with Crippen LogP contribution in [-0.4, -0.2) is 79.9 Å². The quantitative estimate of drug-likeness (QED) is 0.686. The van der Waals surface area contributed by atoms with Gasteiger partial charge in [-0.2, -0.15) is 0 Å². The molecule has 1 atom stereocenters. The first-order valence-electron chi connectivity index (χ1n) is 11.3. The fraction of sp³-hybridized carbons (Fsp3) is 1.00. The third kappa shape index (κ3) is 2.61. The summed E-state index contributed by atoms with van der Waals surface area (Å²) < 4.78 is 0. The monoisotopic (exact) mass is 359 g/mol. The van der Waals surface area contributed by atoms with Gasteiger partial charge in [0.05, 0.1) is 6.17 Å². The highest BCUT2D eigenvalue weighted by atomic mass is 15.4. The topological polar surface area (TPSA) is 42.6 Å². The van der Waals surface area contributed by atoms with Crippen molar-refractivity contribution in [2.75, 3.05) is 52.4 Å². The Hall–Kier alpha value is -0.200. The smallest absolute Gasteiger partial charge is 0.0598 e. The van der Waals surface area contributed by atoms with Gasteiger partial charge >= 0.3 is 0 Å². The lowest BCUT2D eigenvalue weighted by atomic mass is 9.66. The maximum absolute atomic E-state index is 3.94. The van der Waals surface area contributed by atoms with Gasteiger partial charge in [0, 0.05) is 62.8 Å². The number of hydrogen-bond acceptors (Lipinski definition) is 5. The second-order valence-corrected chi connectivity index (χ2v) is 10.9. The Morgan fingerprint density at radius 3 is 2.08 bits per heavy atom. The second-order valence-electron chi connectivity index (χ2n) is 10.9. The minimum atomic E-state index is 0.498. The minimum absolute atomic E-state index is 0.498. The van der Waals surface area contributed by atoms with E-state index in [0.29, 0.717) is 22.5 Å². The van der Waals surface area contributed by atoms with E-state index in [1.807, 2.05) is 0 Å². The highest BCUT2D eigenvalue weighted by Gasteiger charge is 2.52. The van der Waals surface area contributed by atoms with Crippen LogP contribution in [-0.2, 0) is 0 Å². The van der Waals surface area contributed by atoms with Crippen molar-refractivity contribution in [3.8, 4) is 0 Å². The molecule has 6 fully saturated rings. The van der Waals surface area contributed by atoms with E-state index in [9.17, 15) is 0 Å². The molecule has 146 valence electrons. The predicted octanol–water partition coefficient (Wildman–Crippen LogP) is 0.968. The Bertz CT molecular complexity index is 519. The summed E-state index contributed by atoms with van der Waals surface area (Å²) in [7, 11) is 0. The molecule has 0 aromatic carbocycles. The van der Waals surface area contributed by atoms with E-state index in [1.165, 1.54) is 104 Å². The van der Waals surface area contributed by atoms with E-state index >= 15 is 0 Å². The third-order valence-corrected chi connectivity index (χ3v) is 9.05. The Balaban J connectivity index is 0.960.